The largest absolute Gasteiger partial charge is 0.476 e. The van der Waals surface area contributed by atoms with Gasteiger partial charge in [0.2, 0.25) is 0 Å². The summed E-state index contributed by atoms with van der Waals surface area (Å²) in [6.07, 6.45) is 6.06. The van der Waals surface area contributed by atoms with Gasteiger partial charge in [-0.1, -0.05) is 0 Å². The van der Waals surface area contributed by atoms with Crippen LogP contribution in [0.3, 0.4) is 0 Å². The normalized spacial score (nSPS) is 15.7. The molecule has 0 radical (unpaired) electrons. The molecular formula is C10H9N3O2. The summed E-state index contributed by atoms with van der Waals surface area (Å²) in [5.74, 6) is -0.423. The standard InChI is InChI=1S/C10H9N3O2/c14-10(15)8-3-9-11-4-7(6-1-2-6)5-13(9)12-8/h3-6H,1-2H2,(H,14,15). The molecule has 2 heterocycles. The van der Waals surface area contributed by atoms with E-state index in [9.17, 15) is 4.79 Å². The summed E-state index contributed by atoms with van der Waals surface area (Å²) in [4.78, 5) is 14.9. The summed E-state index contributed by atoms with van der Waals surface area (Å²) in [7, 11) is 0. The van der Waals surface area contributed by atoms with E-state index in [0.29, 0.717) is 11.6 Å². The fourth-order valence-corrected chi connectivity index (χ4v) is 1.62. The Morgan fingerprint density at radius 3 is 3.00 bits per heavy atom. The summed E-state index contributed by atoms with van der Waals surface area (Å²) in [5.41, 5.74) is 1.76. The highest BCUT2D eigenvalue weighted by atomic mass is 16.4. The Morgan fingerprint density at radius 2 is 2.33 bits per heavy atom. The first kappa shape index (κ1) is 8.40. The second-order valence-electron chi connectivity index (χ2n) is 3.80. The molecule has 0 bridgehead atoms. The number of hydrogen-bond acceptors (Lipinski definition) is 3. The molecule has 3 rings (SSSR count). The summed E-state index contributed by atoms with van der Waals surface area (Å²) in [6, 6.07) is 1.47. The van der Waals surface area contributed by atoms with Crippen LogP contribution in [-0.2, 0) is 0 Å². The number of carboxylic acids is 1. The zero-order valence-corrected chi connectivity index (χ0v) is 7.92. The monoisotopic (exact) mass is 203 g/mol. The van der Waals surface area contributed by atoms with Gasteiger partial charge in [-0.3, -0.25) is 0 Å². The minimum absolute atomic E-state index is 0.0375. The Labute approximate surface area is 85.4 Å². The molecule has 0 spiro atoms. The third-order valence-corrected chi connectivity index (χ3v) is 2.60. The van der Waals surface area contributed by atoms with Gasteiger partial charge in [-0.25, -0.2) is 14.3 Å². The molecule has 2 aromatic rings. The van der Waals surface area contributed by atoms with Crippen molar-refractivity contribution >= 4 is 11.6 Å². The van der Waals surface area contributed by atoms with E-state index in [4.69, 9.17) is 5.11 Å². The average molecular weight is 203 g/mol. The van der Waals surface area contributed by atoms with Crippen LogP contribution >= 0.6 is 0 Å². The van der Waals surface area contributed by atoms with Crippen molar-refractivity contribution in [2.45, 2.75) is 18.8 Å². The van der Waals surface area contributed by atoms with Crippen LogP contribution in [0.5, 0.6) is 0 Å². The van der Waals surface area contributed by atoms with Crippen molar-refractivity contribution in [3.8, 4) is 0 Å². The van der Waals surface area contributed by atoms with E-state index >= 15 is 0 Å². The fraction of sp³-hybridized carbons (Fsp3) is 0.300. The van der Waals surface area contributed by atoms with E-state index in [0.717, 1.165) is 5.56 Å². The maximum absolute atomic E-state index is 10.7. The average Bonchev–Trinajstić information content (AvgIpc) is 2.96. The number of carbonyl (C=O) groups is 1. The first-order valence-corrected chi connectivity index (χ1v) is 4.82. The quantitative estimate of drug-likeness (QED) is 0.798. The second kappa shape index (κ2) is 2.79. The number of aromatic nitrogens is 3. The highest BCUT2D eigenvalue weighted by Gasteiger charge is 2.24. The molecule has 1 aliphatic rings. The molecule has 15 heavy (non-hydrogen) atoms. The zero-order valence-electron chi connectivity index (χ0n) is 7.92. The summed E-state index contributed by atoms with van der Waals surface area (Å²) in [6.45, 7) is 0. The molecule has 5 nitrogen and oxygen atoms in total. The predicted octanol–water partition coefficient (Wildman–Crippen LogP) is 1.30. The number of nitrogens with zero attached hydrogens (tertiary/aromatic N) is 3. The molecule has 1 N–H and O–H groups in total. The molecule has 0 amide bonds. The van der Waals surface area contributed by atoms with Gasteiger partial charge in [-0.15, -0.1) is 0 Å². The number of hydrogen-bond donors (Lipinski definition) is 1. The third kappa shape index (κ3) is 1.36. The SMILES string of the molecule is O=C(O)c1cc2ncc(C3CC3)cn2n1. The van der Waals surface area contributed by atoms with Gasteiger partial charge in [-0.2, -0.15) is 5.10 Å². The fourth-order valence-electron chi connectivity index (χ4n) is 1.62. The van der Waals surface area contributed by atoms with Crippen LogP contribution in [0.1, 0.15) is 34.8 Å². The minimum Gasteiger partial charge on any atom is -0.476 e. The Balaban J connectivity index is 2.13. The third-order valence-electron chi connectivity index (χ3n) is 2.60. The van der Waals surface area contributed by atoms with Crippen molar-refractivity contribution < 1.29 is 9.90 Å². The van der Waals surface area contributed by atoms with Gasteiger partial charge in [0.1, 0.15) is 0 Å². The molecule has 1 saturated carbocycles. The van der Waals surface area contributed by atoms with Gasteiger partial charge in [0.15, 0.2) is 11.3 Å². The van der Waals surface area contributed by atoms with Crippen molar-refractivity contribution in [2.24, 2.45) is 0 Å². The van der Waals surface area contributed by atoms with Crippen molar-refractivity contribution in [3.63, 3.8) is 0 Å². The highest BCUT2D eigenvalue weighted by Crippen LogP contribution is 2.39. The first-order valence-electron chi connectivity index (χ1n) is 4.82. The van der Waals surface area contributed by atoms with Crippen molar-refractivity contribution in [3.05, 3.63) is 29.7 Å². The number of fused-ring (bicyclic) bond motifs is 1. The van der Waals surface area contributed by atoms with E-state index in [1.807, 2.05) is 6.20 Å². The molecule has 2 aromatic heterocycles. The molecule has 0 aliphatic heterocycles. The maximum Gasteiger partial charge on any atom is 0.356 e. The van der Waals surface area contributed by atoms with Gasteiger partial charge in [-0.05, 0) is 24.3 Å². The van der Waals surface area contributed by atoms with Gasteiger partial charge in [0.05, 0.1) is 0 Å². The Kier molecular flexibility index (Phi) is 1.56. The first-order chi connectivity index (χ1) is 7.24. The van der Waals surface area contributed by atoms with Gasteiger partial charge < -0.3 is 5.11 Å². The van der Waals surface area contributed by atoms with E-state index < -0.39 is 5.97 Å². The van der Waals surface area contributed by atoms with Crippen LogP contribution in [-0.4, -0.2) is 25.7 Å². The summed E-state index contributed by atoms with van der Waals surface area (Å²) >= 11 is 0. The molecule has 0 unspecified atom stereocenters. The van der Waals surface area contributed by atoms with Crippen LogP contribution in [0.25, 0.3) is 5.65 Å². The molecular weight excluding hydrogens is 194 g/mol. The smallest absolute Gasteiger partial charge is 0.356 e. The van der Waals surface area contributed by atoms with Crippen LogP contribution < -0.4 is 0 Å². The highest BCUT2D eigenvalue weighted by molar-refractivity contribution is 5.86. The topological polar surface area (TPSA) is 67.5 Å². The van der Waals surface area contributed by atoms with E-state index in [-0.39, 0.29) is 5.69 Å². The lowest BCUT2D eigenvalue weighted by molar-refractivity contribution is 0.0690. The summed E-state index contributed by atoms with van der Waals surface area (Å²) < 4.78 is 1.54. The maximum atomic E-state index is 10.7. The molecule has 76 valence electrons. The van der Waals surface area contributed by atoms with Crippen LogP contribution in [0.2, 0.25) is 0 Å². The second-order valence-corrected chi connectivity index (χ2v) is 3.80. The Morgan fingerprint density at radius 1 is 1.53 bits per heavy atom. The number of aromatic carboxylic acids is 1. The van der Waals surface area contributed by atoms with Gasteiger partial charge in [0, 0.05) is 18.5 Å². The molecule has 1 fully saturated rings. The van der Waals surface area contributed by atoms with E-state index in [2.05, 4.69) is 10.1 Å². The van der Waals surface area contributed by atoms with Crippen LogP contribution in [0, 0.1) is 0 Å². The minimum atomic E-state index is -1.02. The van der Waals surface area contributed by atoms with E-state index in [1.165, 1.54) is 23.4 Å². The van der Waals surface area contributed by atoms with E-state index in [1.54, 1.807) is 6.20 Å². The zero-order chi connectivity index (χ0) is 10.4. The Bertz CT molecular complexity index is 543. The molecule has 0 atom stereocenters. The molecule has 0 aromatic carbocycles. The molecule has 1 aliphatic carbocycles. The lowest BCUT2D eigenvalue weighted by Crippen LogP contribution is -1.98. The lowest BCUT2D eigenvalue weighted by atomic mass is 10.2. The lowest BCUT2D eigenvalue weighted by Gasteiger charge is -1.97. The van der Waals surface area contributed by atoms with Gasteiger partial charge >= 0.3 is 5.97 Å². The molecule has 0 saturated heterocycles. The van der Waals surface area contributed by atoms with Crippen LogP contribution in [0.15, 0.2) is 18.5 Å². The Hall–Kier alpha value is -1.91. The number of carboxylic acid groups (broad SMARTS) is 1. The number of rotatable bonds is 2. The van der Waals surface area contributed by atoms with Crippen molar-refractivity contribution in [1.29, 1.82) is 0 Å². The molecule has 5 heteroatoms. The van der Waals surface area contributed by atoms with Crippen molar-refractivity contribution in [2.75, 3.05) is 0 Å². The van der Waals surface area contributed by atoms with Crippen molar-refractivity contribution in [1.82, 2.24) is 14.6 Å². The summed E-state index contributed by atoms with van der Waals surface area (Å²) in [5, 5.41) is 12.7. The van der Waals surface area contributed by atoms with Gasteiger partial charge in [0.25, 0.3) is 0 Å². The predicted molar refractivity (Wildman–Crippen MR) is 51.9 cm³/mol. The van der Waals surface area contributed by atoms with Crippen LogP contribution in [0.4, 0.5) is 0 Å².